The third-order valence-electron chi connectivity index (χ3n) is 3.79. The van der Waals surface area contributed by atoms with E-state index in [9.17, 15) is 0 Å². The first-order valence-corrected chi connectivity index (χ1v) is 7.26. The minimum Gasteiger partial charge on any atom is -0.493 e. The van der Waals surface area contributed by atoms with Gasteiger partial charge in [0.05, 0.1) is 6.61 Å². The maximum atomic E-state index is 5.99. The number of alkyl halides is 1. The second-order valence-corrected chi connectivity index (χ2v) is 5.53. The van der Waals surface area contributed by atoms with Gasteiger partial charge < -0.3 is 10.1 Å². The predicted molar refractivity (Wildman–Crippen MR) is 76.8 cm³/mol. The van der Waals surface area contributed by atoms with Crippen LogP contribution in [0.15, 0.2) is 18.2 Å². The lowest BCUT2D eigenvalue weighted by Gasteiger charge is -2.27. The van der Waals surface area contributed by atoms with E-state index in [0.29, 0.717) is 5.88 Å². The van der Waals surface area contributed by atoms with E-state index in [-0.39, 0.29) is 5.54 Å². The Balaban J connectivity index is 1.87. The van der Waals surface area contributed by atoms with Gasteiger partial charge in [0.2, 0.25) is 0 Å². The van der Waals surface area contributed by atoms with Crippen LogP contribution in [0.1, 0.15) is 31.4 Å². The van der Waals surface area contributed by atoms with Gasteiger partial charge in [-0.3, -0.25) is 0 Å². The van der Waals surface area contributed by atoms with Crippen LogP contribution in [-0.4, -0.2) is 24.6 Å². The van der Waals surface area contributed by atoms with Crippen molar-refractivity contribution in [1.29, 1.82) is 0 Å². The lowest BCUT2D eigenvalue weighted by Crippen LogP contribution is -2.44. The van der Waals surface area contributed by atoms with Crippen molar-refractivity contribution in [2.45, 2.75) is 38.6 Å². The molecule has 1 aliphatic rings. The normalized spacial score (nSPS) is 17.1. The Morgan fingerprint density at radius 1 is 1.44 bits per heavy atom. The minimum absolute atomic E-state index is 0.0569. The van der Waals surface area contributed by atoms with Crippen molar-refractivity contribution >= 4 is 11.6 Å². The molecule has 1 heterocycles. The fraction of sp³-hybridized carbons (Fsp3) is 0.600. The van der Waals surface area contributed by atoms with E-state index >= 15 is 0 Å². The first-order chi connectivity index (χ1) is 8.67. The molecule has 2 rings (SSSR count). The van der Waals surface area contributed by atoms with Crippen LogP contribution in [0.2, 0.25) is 0 Å². The molecule has 0 radical (unpaired) electrons. The van der Waals surface area contributed by atoms with Gasteiger partial charge in [-0.05, 0) is 43.5 Å². The van der Waals surface area contributed by atoms with Crippen molar-refractivity contribution in [3.63, 3.8) is 0 Å². The number of hydrogen-bond donors (Lipinski definition) is 1. The Hall–Kier alpha value is -0.730. The number of nitrogens with one attached hydrogen (secondary N) is 1. The molecular weight excluding hydrogens is 246 g/mol. The Kier molecular flexibility index (Phi) is 4.52. The third-order valence-corrected chi connectivity index (χ3v) is 4.38. The van der Waals surface area contributed by atoms with Crippen LogP contribution in [0.3, 0.4) is 0 Å². The van der Waals surface area contributed by atoms with Crippen LogP contribution in [0, 0.1) is 0 Å². The summed E-state index contributed by atoms with van der Waals surface area (Å²) in [6.45, 7) is 6.15. The molecule has 0 saturated carbocycles. The van der Waals surface area contributed by atoms with Crippen molar-refractivity contribution < 1.29 is 4.74 Å². The lowest BCUT2D eigenvalue weighted by molar-refractivity contribution is 0.356. The summed E-state index contributed by atoms with van der Waals surface area (Å²) < 4.78 is 5.51. The van der Waals surface area contributed by atoms with Gasteiger partial charge in [0.15, 0.2) is 0 Å². The zero-order valence-electron chi connectivity index (χ0n) is 11.3. The van der Waals surface area contributed by atoms with Crippen LogP contribution >= 0.6 is 11.6 Å². The SMILES string of the molecule is CCC(C)(CCl)NCCc1ccc2c(c1)CCO2. The molecule has 100 valence electrons. The number of hydrogen-bond acceptors (Lipinski definition) is 2. The summed E-state index contributed by atoms with van der Waals surface area (Å²) >= 11 is 5.99. The zero-order valence-corrected chi connectivity index (χ0v) is 12.0. The van der Waals surface area contributed by atoms with Crippen LogP contribution in [0.4, 0.5) is 0 Å². The average Bonchev–Trinajstić information content (AvgIpc) is 2.86. The monoisotopic (exact) mass is 267 g/mol. The number of halogens is 1. The van der Waals surface area contributed by atoms with Crippen LogP contribution < -0.4 is 10.1 Å². The zero-order chi connectivity index (χ0) is 13.0. The minimum atomic E-state index is 0.0569. The largest absolute Gasteiger partial charge is 0.493 e. The second-order valence-electron chi connectivity index (χ2n) is 5.27. The third kappa shape index (κ3) is 3.18. The molecule has 0 amide bonds. The molecule has 3 heteroatoms. The van der Waals surface area contributed by atoms with Gasteiger partial charge in [0.1, 0.15) is 5.75 Å². The highest BCUT2D eigenvalue weighted by Crippen LogP contribution is 2.26. The smallest absolute Gasteiger partial charge is 0.122 e. The number of rotatable bonds is 6. The van der Waals surface area contributed by atoms with E-state index in [0.717, 1.165) is 38.2 Å². The van der Waals surface area contributed by atoms with Crippen LogP contribution in [-0.2, 0) is 12.8 Å². The van der Waals surface area contributed by atoms with Crippen molar-refractivity contribution in [2.75, 3.05) is 19.0 Å². The summed E-state index contributed by atoms with van der Waals surface area (Å²) in [7, 11) is 0. The fourth-order valence-electron chi connectivity index (χ4n) is 2.17. The lowest BCUT2D eigenvalue weighted by atomic mass is 10.0. The van der Waals surface area contributed by atoms with Gasteiger partial charge in [-0.1, -0.05) is 19.1 Å². The molecule has 1 unspecified atom stereocenters. The highest BCUT2D eigenvalue weighted by Gasteiger charge is 2.19. The molecular formula is C15H22ClNO. The van der Waals surface area contributed by atoms with Crippen LogP contribution in [0.5, 0.6) is 5.75 Å². The Morgan fingerprint density at radius 2 is 2.28 bits per heavy atom. The molecule has 0 bridgehead atoms. The summed E-state index contributed by atoms with van der Waals surface area (Å²) in [4.78, 5) is 0. The van der Waals surface area contributed by atoms with Gasteiger partial charge in [-0.15, -0.1) is 11.6 Å². The van der Waals surface area contributed by atoms with E-state index in [1.165, 1.54) is 11.1 Å². The molecule has 0 aromatic heterocycles. The Morgan fingerprint density at radius 3 is 3.00 bits per heavy atom. The van der Waals surface area contributed by atoms with Crippen molar-refractivity contribution in [1.82, 2.24) is 5.32 Å². The molecule has 0 saturated heterocycles. The summed E-state index contributed by atoms with van der Waals surface area (Å²) in [6.07, 6.45) is 3.14. The molecule has 1 aliphatic heterocycles. The predicted octanol–water partition coefficient (Wildman–Crippen LogP) is 3.16. The maximum Gasteiger partial charge on any atom is 0.122 e. The Bertz CT molecular complexity index is 401. The van der Waals surface area contributed by atoms with Gasteiger partial charge in [0.25, 0.3) is 0 Å². The molecule has 0 aliphatic carbocycles. The summed E-state index contributed by atoms with van der Waals surface area (Å²) in [5.41, 5.74) is 2.78. The summed E-state index contributed by atoms with van der Waals surface area (Å²) in [5, 5.41) is 3.55. The molecule has 1 atom stereocenters. The standard InChI is InChI=1S/C15H22ClNO/c1-3-15(2,11-16)17-8-6-12-4-5-14-13(10-12)7-9-18-14/h4-5,10,17H,3,6-9,11H2,1-2H3. The molecule has 18 heavy (non-hydrogen) atoms. The topological polar surface area (TPSA) is 21.3 Å². The quantitative estimate of drug-likeness (QED) is 0.800. The summed E-state index contributed by atoms with van der Waals surface area (Å²) in [6, 6.07) is 6.53. The molecule has 0 fully saturated rings. The fourth-order valence-corrected chi connectivity index (χ4v) is 2.45. The van der Waals surface area contributed by atoms with Gasteiger partial charge in [0, 0.05) is 17.8 Å². The summed E-state index contributed by atoms with van der Waals surface area (Å²) in [5.74, 6) is 1.72. The number of fused-ring (bicyclic) bond motifs is 1. The maximum absolute atomic E-state index is 5.99. The van der Waals surface area contributed by atoms with Crippen molar-refractivity contribution in [3.05, 3.63) is 29.3 Å². The molecule has 1 aromatic carbocycles. The van der Waals surface area contributed by atoms with Gasteiger partial charge in [-0.2, -0.15) is 0 Å². The van der Waals surface area contributed by atoms with Crippen LogP contribution in [0.25, 0.3) is 0 Å². The average molecular weight is 268 g/mol. The van der Waals surface area contributed by atoms with Crippen molar-refractivity contribution in [2.24, 2.45) is 0 Å². The first kappa shape index (κ1) is 13.7. The van der Waals surface area contributed by atoms with E-state index in [1.807, 2.05) is 0 Å². The Labute approximate surface area is 115 Å². The second kappa shape index (κ2) is 5.94. The highest BCUT2D eigenvalue weighted by atomic mass is 35.5. The molecule has 2 nitrogen and oxygen atoms in total. The van der Waals surface area contributed by atoms with Crippen molar-refractivity contribution in [3.8, 4) is 5.75 Å². The van der Waals surface area contributed by atoms with Gasteiger partial charge in [-0.25, -0.2) is 0 Å². The number of benzene rings is 1. The van der Waals surface area contributed by atoms with Gasteiger partial charge >= 0.3 is 0 Å². The van der Waals surface area contributed by atoms with E-state index < -0.39 is 0 Å². The highest BCUT2D eigenvalue weighted by molar-refractivity contribution is 6.18. The molecule has 1 aromatic rings. The first-order valence-electron chi connectivity index (χ1n) is 6.72. The number of ether oxygens (including phenoxy) is 1. The molecule has 0 spiro atoms. The van der Waals surface area contributed by atoms with E-state index in [4.69, 9.17) is 16.3 Å². The van der Waals surface area contributed by atoms with E-state index in [2.05, 4.69) is 37.4 Å². The van der Waals surface area contributed by atoms with E-state index in [1.54, 1.807) is 0 Å². The molecule has 1 N–H and O–H groups in total.